The molecule has 0 bridgehead atoms. The number of amides is 1. The Balaban J connectivity index is 1.61. The molecular weight excluding hydrogens is 323 g/mol. The predicted molar refractivity (Wildman–Crippen MR) is 90.3 cm³/mol. The van der Waals surface area contributed by atoms with E-state index in [1.165, 1.54) is 11.1 Å². The van der Waals surface area contributed by atoms with Gasteiger partial charge in [0.15, 0.2) is 0 Å². The molecule has 128 valence electrons. The zero-order valence-corrected chi connectivity index (χ0v) is 13.4. The van der Waals surface area contributed by atoms with Gasteiger partial charge in [-0.3, -0.25) is 9.36 Å². The molecule has 1 saturated heterocycles. The highest BCUT2D eigenvalue weighted by atomic mass is 19.1. The van der Waals surface area contributed by atoms with Crippen LogP contribution in [0.25, 0.3) is 16.9 Å². The molecule has 0 saturated carbocycles. The van der Waals surface area contributed by atoms with Crippen molar-refractivity contribution in [2.75, 3.05) is 13.2 Å². The van der Waals surface area contributed by atoms with E-state index in [0.29, 0.717) is 11.4 Å². The summed E-state index contributed by atoms with van der Waals surface area (Å²) in [6, 6.07) is 10.6. The van der Waals surface area contributed by atoms with Gasteiger partial charge in [0, 0.05) is 12.6 Å². The molecule has 3 aromatic rings. The lowest BCUT2D eigenvalue weighted by Gasteiger charge is -2.22. The molecule has 6 nitrogen and oxygen atoms in total. The fraction of sp³-hybridized carbons (Fsp3) is 0.278. The number of hydrogen-bond acceptors (Lipinski definition) is 4. The van der Waals surface area contributed by atoms with Gasteiger partial charge >= 0.3 is 0 Å². The van der Waals surface area contributed by atoms with Crippen LogP contribution in [0.5, 0.6) is 0 Å². The lowest BCUT2D eigenvalue weighted by Crippen LogP contribution is -2.37. The van der Waals surface area contributed by atoms with Gasteiger partial charge in [0.1, 0.15) is 18.3 Å². The molecule has 0 spiro atoms. The maximum Gasteiger partial charge on any atom is 0.255 e. The van der Waals surface area contributed by atoms with Crippen LogP contribution in [0.2, 0.25) is 0 Å². The Labute approximate surface area is 143 Å². The molecule has 0 unspecified atom stereocenters. The van der Waals surface area contributed by atoms with Crippen LogP contribution in [-0.4, -0.2) is 55.8 Å². The maximum atomic E-state index is 13.6. The van der Waals surface area contributed by atoms with E-state index in [1.807, 2.05) is 28.8 Å². The van der Waals surface area contributed by atoms with Crippen LogP contribution < -0.4 is 0 Å². The largest absolute Gasteiger partial charge is 0.394 e. The topological polar surface area (TPSA) is 71.2 Å². The molecule has 2 aromatic heterocycles. The number of aliphatic hydroxyl groups excluding tert-OH is 1. The predicted octanol–water partition coefficient (Wildman–Crippen LogP) is 1.97. The molecule has 0 radical (unpaired) electrons. The highest BCUT2D eigenvalue weighted by Crippen LogP contribution is 2.23. The van der Waals surface area contributed by atoms with Crippen LogP contribution in [0.4, 0.5) is 4.39 Å². The number of rotatable bonds is 3. The zero-order chi connectivity index (χ0) is 17.4. The molecule has 1 aliphatic heterocycles. The van der Waals surface area contributed by atoms with Crippen molar-refractivity contribution in [1.29, 1.82) is 0 Å². The van der Waals surface area contributed by atoms with Gasteiger partial charge in [-0.2, -0.15) is 0 Å². The number of imidazole rings is 1. The highest BCUT2D eigenvalue weighted by molar-refractivity contribution is 5.94. The zero-order valence-electron chi connectivity index (χ0n) is 13.4. The number of hydrogen-bond donors (Lipinski definition) is 1. The summed E-state index contributed by atoms with van der Waals surface area (Å²) in [6.07, 6.45) is 2.25. The Morgan fingerprint density at radius 3 is 2.84 bits per heavy atom. The van der Waals surface area contributed by atoms with E-state index in [1.54, 1.807) is 18.5 Å². The first-order chi connectivity index (χ1) is 12.2. The maximum absolute atomic E-state index is 13.6. The standard InChI is InChI=1S/C18H17FN4O2/c19-13-7-14(10-24)22(9-13)18(25)12-5-6-17(20-8-12)23-11-21-15-3-1-2-4-16(15)23/h1-6,8,11,13-14,24H,7,9-10H2/t13-,14-/m0/s1. The van der Waals surface area contributed by atoms with Crippen molar-refractivity contribution in [3.8, 4) is 5.82 Å². The smallest absolute Gasteiger partial charge is 0.255 e. The van der Waals surface area contributed by atoms with Crippen molar-refractivity contribution >= 4 is 16.9 Å². The molecule has 1 N–H and O–H groups in total. The Bertz CT molecular complexity index is 909. The van der Waals surface area contributed by atoms with Gasteiger partial charge < -0.3 is 10.0 Å². The van der Waals surface area contributed by atoms with Crippen molar-refractivity contribution in [3.05, 3.63) is 54.5 Å². The molecule has 1 amide bonds. The Morgan fingerprint density at radius 1 is 1.24 bits per heavy atom. The number of halogens is 1. The van der Waals surface area contributed by atoms with Crippen LogP contribution in [-0.2, 0) is 0 Å². The third-order valence-corrected chi connectivity index (χ3v) is 4.53. The van der Waals surface area contributed by atoms with Crippen LogP contribution in [0.1, 0.15) is 16.8 Å². The van der Waals surface area contributed by atoms with Crippen LogP contribution in [0, 0.1) is 0 Å². The number of aliphatic hydroxyl groups is 1. The first-order valence-electron chi connectivity index (χ1n) is 8.12. The summed E-state index contributed by atoms with van der Waals surface area (Å²) < 4.78 is 15.4. The Kier molecular flexibility index (Phi) is 3.93. The quantitative estimate of drug-likeness (QED) is 0.791. The van der Waals surface area contributed by atoms with E-state index in [0.717, 1.165) is 11.0 Å². The van der Waals surface area contributed by atoms with Gasteiger partial charge in [0.2, 0.25) is 0 Å². The van der Waals surface area contributed by atoms with Crippen molar-refractivity contribution in [2.24, 2.45) is 0 Å². The van der Waals surface area contributed by atoms with Gasteiger partial charge in [-0.1, -0.05) is 12.1 Å². The van der Waals surface area contributed by atoms with E-state index >= 15 is 0 Å². The summed E-state index contributed by atoms with van der Waals surface area (Å²) in [5, 5.41) is 9.33. The minimum atomic E-state index is -1.09. The fourth-order valence-corrected chi connectivity index (χ4v) is 3.24. The first-order valence-corrected chi connectivity index (χ1v) is 8.12. The third-order valence-electron chi connectivity index (χ3n) is 4.53. The van der Waals surface area contributed by atoms with Gasteiger partial charge in [-0.05, 0) is 24.3 Å². The van der Waals surface area contributed by atoms with E-state index in [2.05, 4.69) is 9.97 Å². The average molecular weight is 340 g/mol. The minimum Gasteiger partial charge on any atom is -0.394 e. The number of nitrogens with zero attached hydrogens (tertiary/aromatic N) is 4. The molecule has 3 heterocycles. The molecule has 1 aliphatic rings. The summed E-state index contributed by atoms with van der Waals surface area (Å²) in [7, 11) is 0. The number of alkyl halides is 1. The van der Waals surface area contributed by atoms with Crippen molar-refractivity contribution in [1.82, 2.24) is 19.4 Å². The van der Waals surface area contributed by atoms with E-state index < -0.39 is 12.2 Å². The summed E-state index contributed by atoms with van der Waals surface area (Å²) in [4.78, 5) is 22.6. The number of carbonyl (C=O) groups is 1. The third kappa shape index (κ3) is 2.76. The average Bonchev–Trinajstić information content (AvgIpc) is 3.24. The van der Waals surface area contributed by atoms with E-state index in [9.17, 15) is 14.3 Å². The van der Waals surface area contributed by atoms with E-state index in [4.69, 9.17) is 0 Å². The number of para-hydroxylation sites is 2. The van der Waals surface area contributed by atoms with Crippen molar-refractivity contribution in [3.63, 3.8) is 0 Å². The minimum absolute atomic E-state index is 0.0119. The number of pyridine rings is 1. The number of aromatic nitrogens is 3. The number of likely N-dealkylation sites (tertiary alicyclic amines) is 1. The molecule has 1 aromatic carbocycles. The highest BCUT2D eigenvalue weighted by Gasteiger charge is 2.35. The summed E-state index contributed by atoms with van der Waals surface area (Å²) >= 11 is 0. The second-order valence-electron chi connectivity index (χ2n) is 6.14. The summed E-state index contributed by atoms with van der Waals surface area (Å²) in [5.74, 6) is 0.336. The number of benzene rings is 1. The molecular formula is C18H17FN4O2. The second-order valence-corrected chi connectivity index (χ2v) is 6.14. The van der Waals surface area contributed by atoms with Crippen molar-refractivity contribution in [2.45, 2.75) is 18.6 Å². The van der Waals surface area contributed by atoms with Gasteiger partial charge in [0.05, 0.1) is 35.8 Å². The Hall–Kier alpha value is -2.80. The molecule has 2 atom stereocenters. The normalized spacial score (nSPS) is 20.3. The monoisotopic (exact) mass is 340 g/mol. The molecule has 0 aliphatic carbocycles. The second kappa shape index (κ2) is 6.25. The van der Waals surface area contributed by atoms with Gasteiger partial charge in [-0.15, -0.1) is 0 Å². The van der Waals surface area contributed by atoms with Crippen LogP contribution in [0.15, 0.2) is 48.9 Å². The van der Waals surface area contributed by atoms with Crippen LogP contribution in [0.3, 0.4) is 0 Å². The molecule has 25 heavy (non-hydrogen) atoms. The number of fused-ring (bicyclic) bond motifs is 1. The summed E-state index contributed by atoms with van der Waals surface area (Å²) in [5.41, 5.74) is 2.16. The first kappa shape index (κ1) is 15.7. The Morgan fingerprint density at radius 2 is 2.08 bits per heavy atom. The molecule has 7 heteroatoms. The van der Waals surface area contributed by atoms with Gasteiger partial charge in [0.25, 0.3) is 5.91 Å². The molecule has 1 fully saturated rings. The SMILES string of the molecule is O=C(c1ccc(-n2cnc3ccccc32)nc1)N1C[C@@H](F)C[C@H]1CO. The van der Waals surface area contributed by atoms with Crippen molar-refractivity contribution < 1.29 is 14.3 Å². The fourth-order valence-electron chi connectivity index (χ4n) is 3.24. The molecule has 4 rings (SSSR count). The van der Waals surface area contributed by atoms with Gasteiger partial charge in [-0.25, -0.2) is 14.4 Å². The van der Waals surface area contributed by atoms with E-state index in [-0.39, 0.29) is 25.5 Å². The van der Waals surface area contributed by atoms with Crippen LogP contribution >= 0.6 is 0 Å². The lowest BCUT2D eigenvalue weighted by molar-refractivity contribution is 0.0672. The number of carbonyl (C=O) groups excluding carboxylic acids is 1. The summed E-state index contributed by atoms with van der Waals surface area (Å²) in [6.45, 7) is -0.226. The lowest BCUT2D eigenvalue weighted by atomic mass is 10.2.